The average molecular weight is 262 g/mol. The highest BCUT2D eigenvalue weighted by molar-refractivity contribution is 5.97. The first-order valence-electron chi connectivity index (χ1n) is 6.38. The van der Waals surface area contributed by atoms with Crippen molar-refractivity contribution in [2.45, 2.75) is 19.4 Å². The molecule has 2 N–H and O–H groups in total. The first kappa shape index (κ1) is 13.7. The molecule has 1 saturated heterocycles. The number of ether oxygens (including phenoxy) is 1. The fraction of sp³-hybridized carbons (Fsp3) is 0.429. The molecule has 102 valence electrons. The van der Waals surface area contributed by atoms with Gasteiger partial charge in [-0.1, -0.05) is 12.1 Å². The van der Waals surface area contributed by atoms with E-state index < -0.39 is 0 Å². The van der Waals surface area contributed by atoms with Gasteiger partial charge in [0, 0.05) is 24.3 Å². The normalized spacial score (nSPS) is 18.9. The van der Waals surface area contributed by atoms with Gasteiger partial charge in [-0.25, -0.2) is 0 Å². The van der Waals surface area contributed by atoms with Crippen LogP contribution < -0.4 is 10.6 Å². The van der Waals surface area contributed by atoms with Crippen molar-refractivity contribution in [3.05, 3.63) is 29.8 Å². The summed E-state index contributed by atoms with van der Waals surface area (Å²) in [4.78, 5) is 23.1. The molecule has 1 aliphatic rings. The molecule has 1 aromatic carbocycles. The Morgan fingerprint density at radius 3 is 3.00 bits per heavy atom. The number of hydrogen-bond donors (Lipinski definition) is 2. The Morgan fingerprint density at radius 2 is 2.32 bits per heavy atom. The minimum Gasteiger partial charge on any atom is -0.375 e. The van der Waals surface area contributed by atoms with Crippen molar-refractivity contribution in [1.82, 2.24) is 5.32 Å². The lowest BCUT2D eigenvalue weighted by atomic mass is 10.1. The second-order valence-corrected chi connectivity index (χ2v) is 4.59. The zero-order valence-electron chi connectivity index (χ0n) is 10.9. The third-order valence-corrected chi connectivity index (χ3v) is 2.97. The van der Waals surface area contributed by atoms with E-state index in [0.717, 1.165) is 6.54 Å². The predicted molar refractivity (Wildman–Crippen MR) is 72.3 cm³/mol. The number of hydrogen-bond acceptors (Lipinski definition) is 4. The highest BCUT2D eigenvalue weighted by Crippen LogP contribution is 2.12. The summed E-state index contributed by atoms with van der Waals surface area (Å²) in [5.74, 6) is -0.120. The molecule has 0 aliphatic carbocycles. The lowest BCUT2D eigenvalue weighted by molar-refractivity contribution is -0.119. The Morgan fingerprint density at radius 1 is 1.47 bits per heavy atom. The number of morpholine rings is 1. The molecular formula is C14H18N2O3. The molecule has 1 fully saturated rings. The first-order valence-corrected chi connectivity index (χ1v) is 6.38. The summed E-state index contributed by atoms with van der Waals surface area (Å²) < 4.78 is 5.47. The number of amides is 1. The Balaban J connectivity index is 1.90. The van der Waals surface area contributed by atoms with Crippen molar-refractivity contribution in [1.29, 1.82) is 0 Å². The van der Waals surface area contributed by atoms with Crippen LogP contribution in [0.3, 0.4) is 0 Å². The van der Waals surface area contributed by atoms with Crippen LogP contribution in [0.2, 0.25) is 0 Å². The Hall–Kier alpha value is -1.72. The number of anilines is 1. The van der Waals surface area contributed by atoms with E-state index in [1.54, 1.807) is 24.3 Å². The summed E-state index contributed by atoms with van der Waals surface area (Å²) in [7, 11) is 0. The zero-order chi connectivity index (χ0) is 13.7. The van der Waals surface area contributed by atoms with Crippen LogP contribution in [0.1, 0.15) is 23.7 Å². The van der Waals surface area contributed by atoms with Gasteiger partial charge >= 0.3 is 0 Å². The second-order valence-electron chi connectivity index (χ2n) is 4.59. The largest absolute Gasteiger partial charge is 0.375 e. The summed E-state index contributed by atoms with van der Waals surface area (Å²) in [6.45, 7) is 3.67. The Labute approximate surface area is 112 Å². The Bertz CT molecular complexity index is 468. The molecule has 0 bridgehead atoms. The van der Waals surface area contributed by atoms with Crippen molar-refractivity contribution in [3.63, 3.8) is 0 Å². The first-order chi connectivity index (χ1) is 9.15. The number of carbonyl (C=O) groups is 2. The third-order valence-electron chi connectivity index (χ3n) is 2.97. The number of rotatable bonds is 4. The van der Waals surface area contributed by atoms with E-state index in [2.05, 4.69) is 10.6 Å². The fourth-order valence-electron chi connectivity index (χ4n) is 1.99. The van der Waals surface area contributed by atoms with Gasteiger partial charge in [0.05, 0.1) is 19.1 Å². The van der Waals surface area contributed by atoms with Crippen LogP contribution in [0.25, 0.3) is 0 Å². The van der Waals surface area contributed by atoms with E-state index in [4.69, 9.17) is 4.74 Å². The molecule has 0 aromatic heterocycles. The molecule has 0 saturated carbocycles. The molecule has 1 aromatic rings. The fourth-order valence-corrected chi connectivity index (χ4v) is 1.99. The summed E-state index contributed by atoms with van der Waals surface area (Å²) in [6.07, 6.45) is 0.238. The van der Waals surface area contributed by atoms with Crippen LogP contribution in [0.5, 0.6) is 0 Å². The summed E-state index contributed by atoms with van der Waals surface area (Å²) in [6, 6.07) is 6.93. The molecule has 1 aliphatic heterocycles. The van der Waals surface area contributed by atoms with Gasteiger partial charge in [-0.15, -0.1) is 0 Å². The molecule has 1 amide bonds. The van der Waals surface area contributed by atoms with Crippen LogP contribution in [0.15, 0.2) is 24.3 Å². The molecule has 1 heterocycles. The maximum Gasteiger partial charge on any atom is 0.227 e. The smallest absolute Gasteiger partial charge is 0.227 e. The molecule has 2 rings (SSSR count). The van der Waals surface area contributed by atoms with Gasteiger partial charge in [-0.05, 0) is 19.1 Å². The zero-order valence-corrected chi connectivity index (χ0v) is 10.9. The van der Waals surface area contributed by atoms with Gasteiger partial charge in [0.25, 0.3) is 0 Å². The number of benzene rings is 1. The molecule has 1 atom stereocenters. The Kier molecular flexibility index (Phi) is 4.65. The quantitative estimate of drug-likeness (QED) is 0.800. The summed E-state index contributed by atoms with van der Waals surface area (Å²) in [5.41, 5.74) is 1.23. The standard InChI is InChI=1S/C14H18N2O3/c1-10(17)11-3-2-4-12(7-11)16-14(18)8-13-9-15-5-6-19-13/h2-4,7,13,15H,5-6,8-9H2,1H3,(H,16,18). The third kappa shape index (κ3) is 4.15. The van der Waals surface area contributed by atoms with Gasteiger partial charge in [-0.2, -0.15) is 0 Å². The van der Waals surface area contributed by atoms with Crippen molar-refractivity contribution < 1.29 is 14.3 Å². The van der Waals surface area contributed by atoms with Gasteiger partial charge in [0.15, 0.2) is 5.78 Å². The van der Waals surface area contributed by atoms with Gasteiger partial charge in [-0.3, -0.25) is 9.59 Å². The highest BCUT2D eigenvalue weighted by atomic mass is 16.5. The van der Waals surface area contributed by atoms with E-state index in [9.17, 15) is 9.59 Å². The SMILES string of the molecule is CC(=O)c1cccc(NC(=O)CC2CNCCO2)c1. The molecule has 5 heteroatoms. The maximum atomic E-state index is 11.9. The number of carbonyl (C=O) groups excluding carboxylic acids is 2. The molecular weight excluding hydrogens is 244 g/mol. The van der Waals surface area contributed by atoms with E-state index in [1.165, 1.54) is 6.92 Å². The van der Waals surface area contributed by atoms with Gasteiger partial charge in [0.2, 0.25) is 5.91 Å². The van der Waals surface area contributed by atoms with Crippen molar-refractivity contribution in [2.24, 2.45) is 0 Å². The van der Waals surface area contributed by atoms with E-state index in [1.807, 2.05) is 0 Å². The van der Waals surface area contributed by atoms with Crippen LogP contribution in [0, 0.1) is 0 Å². The predicted octanol–water partition coefficient (Wildman–Crippen LogP) is 1.21. The lowest BCUT2D eigenvalue weighted by Gasteiger charge is -2.23. The maximum absolute atomic E-state index is 11.9. The van der Waals surface area contributed by atoms with Gasteiger partial charge < -0.3 is 15.4 Å². The molecule has 5 nitrogen and oxygen atoms in total. The van der Waals surface area contributed by atoms with Crippen LogP contribution in [-0.4, -0.2) is 37.5 Å². The number of nitrogens with one attached hydrogen (secondary N) is 2. The van der Waals surface area contributed by atoms with Crippen molar-refractivity contribution >= 4 is 17.4 Å². The second kappa shape index (κ2) is 6.45. The van der Waals surface area contributed by atoms with Crippen LogP contribution >= 0.6 is 0 Å². The van der Waals surface area contributed by atoms with Gasteiger partial charge in [0.1, 0.15) is 0 Å². The summed E-state index contributed by atoms with van der Waals surface area (Å²) in [5, 5.41) is 5.96. The van der Waals surface area contributed by atoms with Crippen LogP contribution in [0.4, 0.5) is 5.69 Å². The molecule has 1 unspecified atom stereocenters. The minimum atomic E-state index is -0.102. The van der Waals surface area contributed by atoms with Crippen LogP contribution in [-0.2, 0) is 9.53 Å². The molecule has 0 radical (unpaired) electrons. The van der Waals surface area contributed by atoms with E-state index in [-0.39, 0.29) is 17.8 Å². The van der Waals surface area contributed by atoms with Crippen molar-refractivity contribution in [3.8, 4) is 0 Å². The van der Waals surface area contributed by atoms with E-state index >= 15 is 0 Å². The molecule has 19 heavy (non-hydrogen) atoms. The average Bonchev–Trinajstić information content (AvgIpc) is 2.40. The lowest BCUT2D eigenvalue weighted by Crippen LogP contribution is -2.40. The number of Topliss-reactive ketones (excluding diaryl/α,β-unsaturated/α-hetero) is 1. The highest BCUT2D eigenvalue weighted by Gasteiger charge is 2.17. The van der Waals surface area contributed by atoms with E-state index in [0.29, 0.717) is 30.8 Å². The monoisotopic (exact) mass is 262 g/mol. The molecule has 0 spiro atoms. The minimum absolute atomic E-state index is 0.0177. The van der Waals surface area contributed by atoms with Crippen molar-refractivity contribution in [2.75, 3.05) is 25.0 Å². The topological polar surface area (TPSA) is 67.4 Å². The number of ketones is 1. The summed E-state index contributed by atoms with van der Waals surface area (Å²) >= 11 is 0.